The molecule has 1 aliphatic rings. The van der Waals surface area contributed by atoms with Crippen LogP contribution in [0.15, 0.2) is 24.3 Å². The number of nitrogens with one attached hydrogen (secondary N) is 1. The van der Waals surface area contributed by atoms with E-state index in [0.717, 1.165) is 12.0 Å². The van der Waals surface area contributed by atoms with Crippen LogP contribution in [0.4, 0.5) is 0 Å². The highest BCUT2D eigenvalue weighted by Crippen LogP contribution is 2.21. The number of carbonyl (C=O) groups excluding carboxylic acids is 1. The Bertz CT molecular complexity index is 453. The van der Waals surface area contributed by atoms with Gasteiger partial charge in [-0.15, -0.1) is 0 Å². The number of nitrogens with two attached hydrogens (primary N) is 1. The zero-order valence-electron chi connectivity index (χ0n) is 10.9. The second-order valence-corrected chi connectivity index (χ2v) is 5.27. The van der Waals surface area contributed by atoms with Gasteiger partial charge in [0.2, 0.25) is 5.91 Å². The number of hydrogen-bond acceptors (Lipinski definition) is 3. The summed E-state index contributed by atoms with van der Waals surface area (Å²) < 4.78 is 5.22. The van der Waals surface area contributed by atoms with Crippen molar-refractivity contribution < 1.29 is 9.53 Å². The minimum absolute atomic E-state index is 0.0426. The highest BCUT2D eigenvalue weighted by atomic mass is 35.5. The zero-order chi connectivity index (χ0) is 13.8. The first-order valence-corrected chi connectivity index (χ1v) is 6.88. The fraction of sp³-hybridized carbons (Fsp3) is 0.500. The van der Waals surface area contributed by atoms with Gasteiger partial charge in [0.05, 0.1) is 25.2 Å². The van der Waals surface area contributed by atoms with Crippen LogP contribution >= 0.6 is 11.6 Å². The van der Waals surface area contributed by atoms with Crippen LogP contribution in [0.3, 0.4) is 0 Å². The molecule has 0 saturated carbocycles. The van der Waals surface area contributed by atoms with Gasteiger partial charge in [-0.05, 0) is 24.1 Å². The Kier molecular flexibility index (Phi) is 4.80. The number of carbonyl (C=O) groups is 1. The molecular weight excluding hydrogens is 264 g/mol. The Morgan fingerprint density at radius 1 is 1.58 bits per heavy atom. The van der Waals surface area contributed by atoms with Crippen molar-refractivity contribution in [2.24, 2.45) is 11.7 Å². The van der Waals surface area contributed by atoms with E-state index in [2.05, 4.69) is 5.32 Å². The predicted octanol–water partition coefficient (Wildman–Crippen LogP) is 1.88. The first kappa shape index (κ1) is 14.3. The summed E-state index contributed by atoms with van der Waals surface area (Å²) in [4.78, 5) is 12.2. The first-order chi connectivity index (χ1) is 9.11. The standard InChI is InChI=1S/C14H19ClN2O2/c1-2-13(9-4-3-5-10(15)6-9)17-14(18)11-7-19-8-12(11)16/h3-6,11-13H,2,7-8,16H2,1H3,(H,17,18). The number of hydrogen-bond donors (Lipinski definition) is 2. The highest BCUT2D eigenvalue weighted by molar-refractivity contribution is 6.30. The van der Waals surface area contributed by atoms with Crippen LogP contribution in [-0.2, 0) is 9.53 Å². The Morgan fingerprint density at radius 3 is 2.95 bits per heavy atom. The summed E-state index contributed by atoms with van der Waals surface area (Å²) in [5.74, 6) is -0.301. The van der Waals surface area contributed by atoms with E-state index in [9.17, 15) is 4.79 Å². The van der Waals surface area contributed by atoms with Gasteiger partial charge in [-0.25, -0.2) is 0 Å². The molecular formula is C14H19ClN2O2. The molecule has 1 saturated heterocycles. The van der Waals surface area contributed by atoms with Gasteiger partial charge < -0.3 is 15.8 Å². The largest absolute Gasteiger partial charge is 0.379 e. The van der Waals surface area contributed by atoms with Crippen molar-refractivity contribution in [1.82, 2.24) is 5.32 Å². The SMILES string of the molecule is CCC(NC(=O)C1COCC1N)c1cccc(Cl)c1. The summed E-state index contributed by atoms with van der Waals surface area (Å²) in [5.41, 5.74) is 6.86. The maximum absolute atomic E-state index is 12.2. The zero-order valence-corrected chi connectivity index (χ0v) is 11.7. The van der Waals surface area contributed by atoms with E-state index in [1.54, 1.807) is 0 Å². The van der Waals surface area contributed by atoms with Gasteiger partial charge in [-0.2, -0.15) is 0 Å². The number of benzene rings is 1. The molecule has 1 aromatic carbocycles. The Balaban J connectivity index is 2.05. The van der Waals surface area contributed by atoms with Crippen molar-refractivity contribution in [1.29, 1.82) is 0 Å². The molecule has 4 nitrogen and oxygen atoms in total. The van der Waals surface area contributed by atoms with E-state index in [-0.39, 0.29) is 23.9 Å². The lowest BCUT2D eigenvalue weighted by atomic mass is 10.0. The third kappa shape index (κ3) is 3.47. The van der Waals surface area contributed by atoms with Crippen molar-refractivity contribution in [3.8, 4) is 0 Å². The third-order valence-electron chi connectivity index (χ3n) is 3.44. The predicted molar refractivity (Wildman–Crippen MR) is 74.9 cm³/mol. The second-order valence-electron chi connectivity index (χ2n) is 4.83. The fourth-order valence-corrected chi connectivity index (χ4v) is 2.46. The van der Waals surface area contributed by atoms with Crippen molar-refractivity contribution in [3.63, 3.8) is 0 Å². The van der Waals surface area contributed by atoms with Gasteiger partial charge in [-0.1, -0.05) is 30.7 Å². The molecule has 0 spiro atoms. The number of halogens is 1. The summed E-state index contributed by atoms with van der Waals surface area (Å²) in [5, 5.41) is 3.70. The summed E-state index contributed by atoms with van der Waals surface area (Å²) >= 11 is 5.98. The van der Waals surface area contributed by atoms with Crippen LogP contribution in [0.1, 0.15) is 24.9 Å². The van der Waals surface area contributed by atoms with Crippen LogP contribution in [0.5, 0.6) is 0 Å². The van der Waals surface area contributed by atoms with Crippen molar-refractivity contribution >= 4 is 17.5 Å². The molecule has 0 aromatic heterocycles. The topological polar surface area (TPSA) is 64.3 Å². The Morgan fingerprint density at radius 2 is 2.37 bits per heavy atom. The van der Waals surface area contributed by atoms with E-state index in [1.165, 1.54) is 0 Å². The van der Waals surface area contributed by atoms with Crippen molar-refractivity contribution in [2.75, 3.05) is 13.2 Å². The maximum Gasteiger partial charge on any atom is 0.227 e. The first-order valence-electron chi connectivity index (χ1n) is 6.51. The lowest BCUT2D eigenvalue weighted by molar-refractivity contribution is -0.126. The molecule has 1 aliphatic heterocycles. The van der Waals surface area contributed by atoms with Crippen LogP contribution < -0.4 is 11.1 Å². The smallest absolute Gasteiger partial charge is 0.227 e. The minimum Gasteiger partial charge on any atom is -0.379 e. The molecule has 1 amide bonds. The number of ether oxygens (including phenoxy) is 1. The molecule has 3 unspecified atom stereocenters. The van der Waals surface area contributed by atoms with Gasteiger partial charge in [0.25, 0.3) is 0 Å². The van der Waals surface area contributed by atoms with Crippen LogP contribution in [0.2, 0.25) is 5.02 Å². The fourth-order valence-electron chi connectivity index (χ4n) is 2.26. The van der Waals surface area contributed by atoms with Gasteiger partial charge in [0, 0.05) is 11.1 Å². The summed E-state index contributed by atoms with van der Waals surface area (Å²) in [6.07, 6.45) is 0.800. The minimum atomic E-state index is -0.256. The summed E-state index contributed by atoms with van der Waals surface area (Å²) in [7, 11) is 0. The quantitative estimate of drug-likeness (QED) is 0.886. The molecule has 1 aromatic rings. The van der Waals surface area contributed by atoms with Gasteiger partial charge in [0.1, 0.15) is 0 Å². The highest BCUT2D eigenvalue weighted by Gasteiger charge is 2.32. The van der Waals surface area contributed by atoms with E-state index in [4.69, 9.17) is 22.1 Å². The summed E-state index contributed by atoms with van der Waals surface area (Å²) in [6.45, 7) is 2.88. The van der Waals surface area contributed by atoms with Crippen molar-refractivity contribution in [3.05, 3.63) is 34.9 Å². The molecule has 104 valence electrons. The monoisotopic (exact) mass is 282 g/mol. The second kappa shape index (κ2) is 6.37. The normalized spacial score (nSPS) is 24.2. The van der Waals surface area contributed by atoms with Crippen molar-refractivity contribution in [2.45, 2.75) is 25.4 Å². The molecule has 1 heterocycles. The lowest BCUT2D eigenvalue weighted by Gasteiger charge is -2.21. The molecule has 0 radical (unpaired) electrons. The maximum atomic E-state index is 12.2. The van der Waals surface area contributed by atoms with E-state index < -0.39 is 0 Å². The van der Waals surface area contributed by atoms with Crippen LogP contribution in [0, 0.1) is 5.92 Å². The van der Waals surface area contributed by atoms with Gasteiger partial charge in [-0.3, -0.25) is 4.79 Å². The van der Waals surface area contributed by atoms with E-state index in [1.807, 2.05) is 31.2 Å². The number of amides is 1. The van der Waals surface area contributed by atoms with E-state index in [0.29, 0.717) is 18.2 Å². The molecule has 1 fully saturated rings. The lowest BCUT2D eigenvalue weighted by Crippen LogP contribution is -2.42. The molecule has 0 bridgehead atoms. The average Bonchev–Trinajstić information content (AvgIpc) is 2.82. The molecule has 0 aliphatic carbocycles. The molecule has 3 atom stereocenters. The average molecular weight is 283 g/mol. The summed E-state index contributed by atoms with van der Waals surface area (Å²) in [6, 6.07) is 7.29. The number of rotatable bonds is 4. The molecule has 2 rings (SSSR count). The molecule has 3 N–H and O–H groups in total. The van der Waals surface area contributed by atoms with Gasteiger partial charge in [0.15, 0.2) is 0 Å². The third-order valence-corrected chi connectivity index (χ3v) is 3.67. The Hall–Kier alpha value is -1.10. The van der Waals surface area contributed by atoms with Gasteiger partial charge >= 0.3 is 0 Å². The Labute approximate surface area is 118 Å². The van der Waals surface area contributed by atoms with Crippen LogP contribution in [0.25, 0.3) is 0 Å². The molecule has 5 heteroatoms. The van der Waals surface area contributed by atoms with Crippen LogP contribution in [-0.4, -0.2) is 25.2 Å². The molecule has 19 heavy (non-hydrogen) atoms. The van der Waals surface area contributed by atoms with E-state index >= 15 is 0 Å².